The monoisotopic (exact) mass is 379 g/mol. The predicted octanol–water partition coefficient (Wildman–Crippen LogP) is 2.67. The van der Waals surface area contributed by atoms with Crippen LogP contribution in [0.3, 0.4) is 0 Å². The smallest absolute Gasteiger partial charge is 0.317 e. The second-order valence-corrected chi connectivity index (χ2v) is 9.17. The van der Waals surface area contributed by atoms with Crippen LogP contribution in [-0.4, -0.2) is 56.4 Å². The lowest BCUT2D eigenvalue weighted by molar-refractivity contribution is 0.172. The number of piperazine rings is 1. The fourth-order valence-electron chi connectivity index (χ4n) is 3.87. The predicted molar refractivity (Wildman–Crippen MR) is 101 cm³/mol. The molecule has 1 N–H and O–H groups in total. The number of hydrogen-bond acceptors (Lipinski definition) is 3. The lowest BCUT2D eigenvalue weighted by Gasteiger charge is -2.34. The van der Waals surface area contributed by atoms with Crippen LogP contribution in [0.2, 0.25) is 0 Å². The van der Waals surface area contributed by atoms with E-state index in [1.807, 2.05) is 0 Å². The molecule has 0 radical (unpaired) electrons. The second kappa shape index (κ2) is 8.86. The zero-order chi connectivity index (χ0) is 18.4. The molecule has 0 bridgehead atoms. The standard InChI is InChI=1S/C19H29N3O3S/c23-19(20-12-6-9-17-7-4-5-8-17)21-13-15-22(16-14-21)26(24,25)18-10-2-1-3-11-18/h1-3,10-11,17H,4-9,12-16H2,(H,20,23). The summed E-state index contributed by atoms with van der Waals surface area (Å²) in [5.74, 6) is 0.846. The van der Waals surface area contributed by atoms with Crippen molar-refractivity contribution in [2.75, 3.05) is 32.7 Å². The van der Waals surface area contributed by atoms with E-state index in [-0.39, 0.29) is 6.03 Å². The topological polar surface area (TPSA) is 69.7 Å². The van der Waals surface area contributed by atoms with Crippen LogP contribution >= 0.6 is 0 Å². The van der Waals surface area contributed by atoms with Gasteiger partial charge >= 0.3 is 6.03 Å². The minimum absolute atomic E-state index is 0.0758. The first kappa shape index (κ1) is 19.2. The minimum Gasteiger partial charge on any atom is -0.338 e. The quantitative estimate of drug-likeness (QED) is 0.773. The first-order valence-electron chi connectivity index (χ1n) is 9.65. The molecule has 0 spiro atoms. The minimum atomic E-state index is -3.47. The fourth-order valence-corrected chi connectivity index (χ4v) is 5.31. The van der Waals surface area contributed by atoms with Gasteiger partial charge in [-0.3, -0.25) is 0 Å². The Bertz CT molecular complexity index is 679. The maximum Gasteiger partial charge on any atom is 0.317 e. The van der Waals surface area contributed by atoms with Crippen molar-refractivity contribution < 1.29 is 13.2 Å². The van der Waals surface area contributed by atoms with Crippen LogP contribution in [0.4, 0.5) is 4.79 Å². The van der Waals surface area contributed by atoms with Gasteiger partial charge in [0.05, 0.1) is 4.90 Å². The Morgan fingerprint density at radius 2 is 1.69 bits per heavy atom. The molecule has 2 amide bonds. The lowest BCUT2D eigenvalue weighted by Crippen LogP contribution is -2.53. The van der Waals surface area contributed by atoms with E-state index in [1.165, 1.54) is 36.4 Å². The molecule has 26 heavy (non-hydrogen) atoms. The average Bonchev–Trinajstić information content (AvgIpc) is 3.19. The van der Waals surface area contributed by atoms with Gasteiger partial charge in [0.1, 0.15) is 0 Å². The maximum atomic E-state index is 12.6. The largest absolute Gasteiger partial charge is 0.338 e. The van der Waals surface area contributed by atoms with Gasteiger partial charge < -0.3 is 10.2 Å². The number of urea groups is 1. The molecule has 3 rings (SSSR count). The van der Waals surface area contributed by atoms with E-state index < -0.39 is 10.0 Å². The molecule has 144 valence electrons. The molecular formula is C19H29N3O3S. The first-order chi connectivity index (χ1) is 12.6. The molecule has 7 heteroatoms. The van der Waals surface area contributed by atoms with E-state index in [0.717, 1.165) is 12.3 Å². The Balaban J connectivity index is 1.41. The highest BCUT2D eigenvalue weighted by Crippen LogP contribution is 2.28. The molecule has 1 heterocycles. The summed E-state index contributed by atoms with van der Waals surface area (Å²) in [6.45, 7) is 2.25. The van der Waals surface area contributed by atoms with Gasteiger partial charge in [-0.1, -0.05) is 43.9 Å². The normalized spacial score (nSPS) is 19.6. The zero-order valence-electron chi connectivity index (χ0n) is 15.3. The van der Waals surface area contributed by atoms with Crippen molar-refractivity contribution in [1.82, 2.24) is 14.5 Å². The van der Waals surface area contributed by atoms with Gasteiger partial charge in [0, 0.05) is 32.7 Å². The third-order valence-electron chi connectivity index (χ3n) is 5.45. The van der Waals surface area contributed by atoms with Gasteiger partial charge in [-0.2, -0.15) is 4.31 Å². The molecule has 1 saturated heterocycles. The summed E-state index contributed by atoms with van der Waals surface area (Å²) in [6.07, 6.45) is 7.61. The average molecular weight is 380 g/mol. The molecule has 0 unspecified atom stereocenters. The summed E-state index contributed by atoms with van der Waals surface area (Å²) in [5, 5.41) is 2.98. The maximum absolute atomic E-state index is 12.6. The fraction of sp³-hybridized carbons (Fsp3) is 0.632. The van der Waals surface area contributed by atoms with Crippen molar-refractivity contribution in [3.63, 3.8) is 0 Å². The molecule has 0 aromatic heterocycles. The molecule has 1 saturated carbocycles. The van der Waals surface area contributed by atoms with Crippen molar-refractivity contribution in [3.8, 4) is 0 Å². The van der Waals surface area contributed by atoms with Gasteiger partial charge in [0.15, 0.2) is 0 Å². The van der Waals surface area contributed by atoms with Crippen LogP contribution in [0.1, 0.15) is 38.5 Å². The van der Waals surface area contributed by atoms with Gasteiger partial charge in [-0.15, -0.1) is 0 Å². The lowest BCUT2D eigenvalue weighted by atomic mass is 10.0. The molecule has 6 nitrogen and oxygen atoms in total. The molecular weight excluding hydrogens is 350 g/mol. The molecule has 2 aliphatic rings. The summed E-state index contributed by atoms with van der Waals surface area (Å²) < 4.78 is 26.7. The number of carbonyl (C=O) groups excluding carboxylic acids is 1. The van der Waals surface area contributed by atoms with Gasteiger partial charge in [0.25, 0.3) is 0 Å². The van der Waals surface area contributed by atoms with Crippen LogP contribution in [0, 0.1) is 5.92 Å². The summed E-state index contributed by atoms with van der Waals surface area (Å²) in [6, 6.07) is 8.39. The van der Waals surface area contributed by atoms with Crippen molar-refractivity contribution in [1.29, 1.82) is 0 Å². The number of sulfonamides is 1. The second-order valence-electron chi connectivity index (χ2n) is 7.23. The molecule has 1 aromatic rings. The molecule has 1 aliphatic carbocycles. The van der Waals surface area contributed by atoms with E-state index in [1.54, 1.807) is 35.2 Å². The highest BCUT2D eigenvalue weighted by Gasteiger charge is 2.29. The third-order valence-corrected chi connectivity index (χ3v) is 7.36. The summed E-state index contributed by atoms with van der Waals surface area (Å²) in [4.78, 5) is 14.3. The molecule has 0 atom stereocenters. The Hall–Kier alpha value is -1.60. The van der Waals surface area contributed by atoms with Crippen LogP contribution in [0.15, 0.2) is 35.2 Å². The highest BCUT2D eigenvalue weighted by atomic mass is 32.2. The Morgan fingerprint density at radius 3 is 2.35 bits per heavy atom. The molecule has 2 fully saturated rings. The van der Waals surface area contributed by atoms with Crippen LogP contribution in [0.5, 0.6) is 0 Å². The highest BCUT2D eigenvalue weighted by molar-refractivity contribution is 7.89. The SMILES string of the molecule is O=C(NCCCC1CCCC1)N1CCN(S(=O)(=O)c2ccccc2)CC1. The number of hydrogen-bond donors (Lipinski definition) is 1. The number of rotatable bonds is 6. The van der Waals surface area contributed by atoms with E-state index in [9.17, 15) is 13.2 Å². The van der Waals surface area contributed by atoms with Crippen LogP contribution in [-0.2, 0) is 10.0 Å². The summed E-state index contributed by atoms with van der Waals surface area (Å²) in [7, 11) is -3.47. The number of nitrogens with zero attached hydrogens (tertiary/aromatic N) is 2. The van der Waals surface area contributed by atoms with Gasteiger partial charge in [-0.05, 0) is 30.9 Å². The molecule has 1 aliphatic heterocycles. The number of carbonyl (C=O) groups is 1. The van der Waals surface area contributed by atoms with E-state index in [4.69, 9.17) is 0 Å². The van der Waals surface area contributed by atoms with Gasteiger partial charge in [-0.25, -0.2) is 13.2 Å². The zero-order valence-corrected chi connectivity index (χ0v) is 16.1. The Morgan fingerprint density at radius 1 is 1.04 bits per heavy atom. The van der Waals surface area contributed by atoms with Crippen molar-refractivity contribution in [3.05, 3.63) is 30.3 Å². The van der Waals surface area contributed by atoms with Gasteiger partial charge in [0.2, 0.25) is 10.0 Å². The Labute approximate surface area is 156 Å². The number of amides is 2. The summed E-state index contributed by atoms with van der Waals surface area (Å²) >= 11 is 0. The van der Waals surface area contributed by atoms with Crippen molar-refractivity contribution >= 4 is 16.1 Å². The Kier molecular flexibility index (Phi) is 6.53. The number of benzene rings is 1. The van der Waals surface area contributed by atoms with Crippen LogP contribution in [0.25, 0.3) is 0 Å². The third kappa shape index (κ3) is 4.76. The van der Waals surface area contributed by atoms with Crippen molar-refractivity contribution in [2.45, 2.75) is 43.4 Å². The first-order valence-corrected chi connectivity index (χ1v) is 11.1. The van der Waals surface area contributed by atoms with E-state index in [2.05, 4.69) is 5.32 Å². The number of nitrogens with one attached hydrogen (secondary N) is 1. The van der Waals surface area contributed by atoms with Crippen molar-refractivity contribution in [2.24, 2.45) is 5.92 Å². The summed E-state index contributed by atoms with van der Waals surface area (Å²) in [5.41, 5.74) is 0. The van der Waals surface area contributed by atoms with E-state index in [0.29, 0.717) is 37.6 Å². The van der Waals surface area contributed by atoms with E-state index >= 15 is 0 Å². The molecule has 1 aromatic carbocycles. The van der Waals surface area contributed by atoms with Crippen LogP contribution < -0.4 is 5.32 Å².